The lowest BCUT2D eigenvalue weighted by molar-refractivity contribution is -0.142. The zero-order valence-electron chi connectivity index (χ0n) is 15.7. The number of hydrogen-bond donors (Lipinski definition) is 1. The minimum Gasteiger partial charge on any atom is -0.486 e. The predicted octanol–water partition coefficient (Wildman–Crippen LogP) is 3.40. The van der Waals surface area contributed by atoms with E-state index in [0.717, 1.165) is 12.1 Å². The van der Waals surface area contributed by atoms with Gasteiger partial charge in [-0.15, -0.1) is 0 Å². The molecule has 0 radical (unpaired) electrons. The van der Waals surface area contributed by atoms with Gasteiger partial charge in [-0.2, -0.15) is 13.2 Å². The molecule has 2 aromatic rings. The zero-order chi connectivity index (χ0) is 21.3. The topological polar surface area (TPSA) is 73.9 Å². The van der Waals surface area contributed by atoms with Crippen molar-refractivity contribution in [1.29, 1.82) is 0 Å². The molecule has 158 valence electrons. The number of carbonyl (C=O) groups is 2. The molecule has 2 heterocycles. The van der Waals surface area contributed by atoms with Crippen molar-refractivity contribution < 1.29 is 37.0 Å². The number of halogens is 3. The Morgan fingerprint density at radius 1 is 1.07 bits per heavy atom. The molecule has 2 aliphatic heterocycles. The molecule has 0 aliphatic carbocycles. The fourth-order valence-electron chi connectivity index (χ4n) is 3.50. The first-order valence-electron chi connectivity index (χ1n) is 9.34. The van der Waals surface area contributed by atoms with E-state index in [1.807, 2.05) is 0 Å². The lowest BCUT2D eigenvalue weighted by Crippen LogP contribution is -2.32. The van der Waals surface area contributed by atoms with Crippen LogP contribution in [0.4, 0.5) is 13.2 Å². The van der Waals surface area contributed by atoms with E-state index in [1.54, 1.807) is 18.2 Å². The lowest BCUT2D eigenvalue weighted by atomic mass is 9.94. The third kappa shape index (κ3) is 4.19. The zero-order valence-corrected chi connectivity index (χ0v) is 15.7. The minimum absolute atomic E-state index is 0.0959. The minimum atomic E-state index is -4.46. The molecule has 0 spiro atoms. The fourth-order valence-corrected chi connectivity index (χ4v) is 3.50. The van der Waals surface area contributed by atoms with Crippen LogP contribution in [0.25, 0.3) is 0 Å². The smallest absolute Gasteiger partial charge is 0.416 e. The summed E-state index contributed by atoms with van der Waals surface area (Å²) in [6.07, 6.45) is -5.39. The molecule has 30 heavy (non-hydrogen) atoms. The number of rotatable bonds is 4. The Labute approximate surface area is 169 Å². The second-order valence-corrected chi connectivity index (χ2v) is 7.04. The Kier molecular flexibility index (Phi) is 5.27. The summed E-state index contributed by atoms with van der Waals surface area (Å²) in [4.78, 5) is 24.6. The van der Waals surface area contributed by atoms with Crippen LogP contribution in [0.5, 0.6) is 11.5 Å². The van der Waals surface area contributed by atoms with Crippen molar-refractivity contribution in [3.05, 3.63) is 59.2 Å². The highest BCUT2D eigenvalue weighted by atomic mass is 19.4. The van der Waals surface area contributed by atoms with Gasteiger partial charge >= 0.3 is 12.1 Å². The van der Waals surface area contributed by atoms with Crippen LogP contribution in [0.2, 0.25) is 0 Å². The number of cyclic esters (lactones) is 1. The number of amides is 1. The van der Waals surface area contributed by atoms with Gasteiger partial charge in [-0.1, -0.05) is 18.2 Å². The van der Waals surface area contributed by atoms with E-state index in [2.05, 4.69) is 5.32 Å². The first-order chi connectivity index (χ1) is 14.3. The number of ether oxygens (including phenoxy) is 3. The Hall–Kier alpha value is -3.23. The Morgan fingerprint density at radius 2 is 1.83 bits per heavy atom. The molecule has 0 aromatic heterocycles. The SMILES string of the molecule is O=C1CC(C(=O)NCc2cccc(C(F)(F)F)c2)C(c2ccc3c(c2)OCCO3)O1. The molecule has 2 atom stereocenters. The van der Waals surface area contributed by atoms with Gasteiger partial charge in [0.05, 0.1) is 17.9 Å². The van der Waals surface area contributed by atoms with Gasteiger partial charge in [0.25, 0.3) is 0 Å². The van der Waals surface area contributed by atoms with Crippen LogP contribution < -0.4 is 14.8 Å². The monoisotopic (exact) mass is 421 g/mol. The summed E-state index contributed by atoms with van der Waals surface area (Å²) in [5.41, 5.74) is 0.103. The van der Waals surface area contributed by atoms with Crippen LogP contribution in [0.3, 0.4) is 0 Å². The number of nitrogens with one attached hydrogen (secondary N) is 1. The Morgan fingerprint density at radius 3 is 2.60 bits per heavy atom. The largest absolute Gasteiger partial charge is 0.486 e. The Balaban J connectivity index is 1.47. The number of carbonyl (C=O) groups excluding carboxylic acids is 2. The van der Waals surface area contributed by atoms with Crippen molar-refractivity contribution in [2.75, 3.05) is 13.2 Å². The fraction of sp³-hybridized carbons (Fsp3) is 0.333. The molecule has 2 aromatic carbocycles. The van der Waals surface area contributed by atoms with E-state index in [1.165, 1.54) is 12.1 Å². The van der Waals surface area contributed by atoms with Gasteiger partial charge in [-0.05, 0) is 35.4 Å². The van der Waals surface area contributed by atoms with Gasteiger partial charge in [0.2, 0.25) is 5.91 Å². The molecule has 0 saturated carbocycles. The average Bonchev–Trinajstić information content (AvgIpc) is 3.13. The van der Waals surface area contributed by atoms with Gasteiger partial charge in [0, 0.05) is 6.54 Å². The quantitative estimate of drug-likeness (QED) is 0.767. The molecule has 1 saturated heterocycles. The molecule has 2 aliphatic rings. The van der Waals surface area contributed by atoms with Crippen molar-refractivity contribution in [2.45, 2.75) is 25.2 Å². The molecule has 4 rings (SSSR count). The summed E-state index contributed by atoms with van der Waals surface area (Å²) < 4.78 is 54.9. The first kappa shape index (κ1) is 20.1. The molecule has 9 heteroatoms. The summed E-state index contributed by atoms with van der Waals surface area (Å²) in [6, 6.07) is 9.78. The van der Waals surface area contributed by atoms with Gasteiger partial charge in [0.1, 0.15) is 19.3 Å². The van der Waals surface area contributed by atoms with Crippen LogP contribution in [0, 0.1) is 5.92 Å². The second-order valence-electron chi connectivity index (χ2n) is 7.04. The lowest BCUT2D eigenvalue weighted by Gasteiger charge is -2.22. The highest BCUT2D eigenvalue weighted by molar-refractivity contribution is 5.87. The third-order valence-electron chi connectivity index (χ3n) is 4.96. The van der Waals surface area contributed by atoms with E-state index in [9.17, 15) is 22.8 Å². The van der Waals surface area contributed by atoms with Crippen molar-refractivity contribution in [3.63, 3.8) is 0 Å². The van der Waals surface area contributed by atoms with E-state index >= 15 is 0 Å². The molecule has 6 nitrogen and oxygen atoms in total. The molecule has 1 amide bonds. The van der Waals surface area contributed by atoms with Gasteiger partial charge < -0.3 is 19.5 Å². The number of fused-ring (bicyclic) bond motifs is 1. The number of hydrogen-bond acceptors (Lipinski definition) is 5. The van der Waals surface area contributed by atoms with Crippen molar-refractivity contribution in [3.8, 4) is 11.5 Å². The van der Waals surface area contributed by atoms with Crippen LogP contribution in [-0.4, -0.2) is 25.1 Å². The van der Waals surface area contributed by atoms with Gasteiger partial charge in [-0.25, -0.2) is 0 Å². The normalized spacial score (nSPS) is 20.6. The van der Waals surface area contributed by atoms with Crippen LogP contribution >= 0.6 is 0 Å². The molecule has 2 unspecified atom stereocenters. The number of esters is 1. The maximum atomic E-state index is 12.9. The van der Waals surface area contributed by atoms with E-state index in [-0.39, 0.29) is 13.0 Å². The standard InChI is InChI=1S/C21H18F3NO5/c22-21(23,24)14-3-1-2-12(8-14)11-25-20(27)15-10-18(26)30-19(15)13-4-5-16-17(9-13)29-7-6-28-16/h1-5,8-9,15,19H,6-7,10-11H2,(H,25,27). The summed E-state index contributed by atoms with van der Waals surface area (Å²) in [7, 11) is 0. The van der Waals surface area contributed by atoms with E-state index in [4.69, 9.17) is 14.2 Å². The van der Waals surface area contributed by atoms with Crippen molar-refractivity contribution in [2.24, 2.45) is 5.92 Å². The van der Waals surface area contributed by atoms with Crippen molar-refractivity contribution in [1.82, 2.24) is 5.32 Å². The van der Waals surface area contributed by atoms with E-state index < -0.39 is 35.6 Å². The first-order valence-corrected chi connectivity index (χ1v) is 9.34. The van der Waals surface area contributed by atoms with E-state index in [0.29, 0.717) is 35.8 Å². The maximum Gasteiger partial charge on any atom is 0.416 e. The van der Waals surface area contributed by atoms with Crippen molar-refractivity contribution >= 4 is 11.9 Å². The maximum absolute atomic E-state index is 12.9. The predicted molar refractivity (Wildman–Crippen MR) is 97.7 cm³/mol. The number of benzene rings is 2. The highest BCUT2D eigenvalue weighted by Gasteiger charge is 2.41. The summed E-state index contributed by atoms with van der Waals surface area (Å²) in [5, 5.41) is 2.61. The molecule has 1 N–H and O–H groups in total. The molecular formula is C21H18F3NO5. The van der Waals surface area contributed by atoms with Crippen LogP contribution in [0.15, 0.2) is 42.5 Å². The highest BCUT2D eigenvalue weighted by Crippen LogP contribution is 2.40. The Bertz CT molecular complexity index is 975. The summed E-state index contributed by atoms with van der Waals surface area (Å²) in [5.74, 6) is -0.720. The third-order valence-corrected chi connectivity index (χ3v) is 4.96. The van der Waals surface area contributed by atoms with Crippen LogP contribution in [0.1, 0.15) is 29.2 Å². The summed E-state index contributed by atoms with van der Waals surface area (Å²) in [6.45, 7) is 0.731. The second kappa shape index (κ2) is 7.89. The average molecular weight is 421 g/mol. The van der Waals surface area contributed by atoms with Gasteiger partial charge in [0.15, 0.2) is 11.5 Å². The van der Waals surface area contributed by atoms with Crippen LogP contribution in [-0.2, 0) is 27.0 Å². The number of alkyl halides is 3. The van der Waals surface area contributed by atoms with Gasteiger partial charge in [-0.3, -0.25) is 9.59 Å². The molecular weight excluding hydrogens is 403 g/mol. The summed E-state index contributed by atoms with van der Waals surface area (Å²) >= 11 is 0. The molecule has 1 fully saturated rings. The molecule has 0 bridgehead atoms.